The monoisotopic (exact) mass is 275 g/mol. The number of hydrogen-bond acceptors (Lipinski definition) is 5. The predicted octanol–water partition coefficient (Wildman–Crippen LogP) is 1.47. The zero-order valence-corrected chi connectivity index (χ0v) is 11.9. The van der Waals surface area contributed by atoms with Crippen molar-refractivity contribution in [3.05, 3.63) is 36.2 Å². The Bertz CT molecular complexity index is 497. The molecule has 108 valence electrons. The van der Waals surface area contributed by atoms with Crippen LogP contribution in [0.1, 0.15) is 38.3 Å². The van der Waals surface area contributed by atoms with Crippen LogP contribution in [0.25, 0.3) is 5.69 Å². The van der Waals surface area contributed by atoms with Gasteiger partial charge in [0.25, 0.3) is 0 Å². The van der Waals surface area contributed by atoms with Crippen molar-refractivity contribution in [3.8, 4) is 5.69 Å². The number of aromatic nitrogens is 4. The second kappa shape index (κ2) is 7.12. The van der Waals surface area contributed by atoms with Crippen LogP contribution < -0.4 is 5.32 Å². The molecule has 6 heteroatoms. The van der Waals surface area contributed by atoms with Gasteiger partial charge in [-0.1, -0.05) is 12.1 Å². The van der Waals surface area contributed by atoms with E-state index < -0.39 is 0 Å². The molecule has 0 spiro atoms. The molecular weight excluding hydrogens is 254 g/mol. The van der Waals surface area contributed by atoms with Crippen molar-refractivity contribution in [1.29, 1.82) is 0 Å². The molecule has 0 saturated heterocycles. The Balaban J connectivity index is 1.95. The fourth-order valence-electron chi connectivity index (χ4n) is 2.20. The maximum Gasteiger partial charge on any atom is 0.143 e. The van der Waals surface area contributed by atoms with Gasteiger partial charge in [0, 0.05) is 18.7 Å². The van der Waals surface area contributed by atoms with Crippen molar-refractivity contribution in [2.45, 2.75) is 38.8 Å². The lowest BCUT2D eigenvalue weighted by atomic mass is 10.1. The summed E-state index contributed by atoms with van der Waals surface area (Å²) in [5.41, 5.74) is 2.16. The van der Waals surface area contributed by atoms with Gasteiger partial charge < -0.3 is 10.4 Å². The standard InChI is InChI=1S/C14H21N5O/c1-11(4-3-9-20)16-12(2)13-5-7-14(8-6-13)19-10-15-17-18-19/h5-8,10-12,16,20H,3-4,9H2,1-2H3. The summed E-state index contributed by atoms with van der Waals surface area (Å²) >= 11 is 0. The molecule has 1 aromatic carbocycles. The Morgan fingerprint density at radius 1 is 1.25 bits per heavy atom. The number of benzene rings is 1. The van der Waals surface area contributed by atoms with E-state index >= 15 is 0 Å². The van der Waals surface area contributed by atoms with Gasteiger partial charge >= 0.3 is 0 Å². The van der Waals surface area contributed by atoms with E-state index in [1.54, 1.807) is 11.0 Å². The van der Waals surface area contributed by atoms with E-state index in [0.29, 0.717) is 6.04 Å². The van der Waals surface area contributed by atoms with Gasteiger partial charge in [0.05, 0.1) is 5.69 Å². The van der Waals surface area contributed by atoms with Crippen LogP contribution in [0.15, 0.2) is 30.6 Å². The average molecular weight is 275 g/mol. The molecule has 0 saturated carbocycles. The lowest BCUT2D eigenvalue weighted by Gasteiger charge is -2.20. The zero-order chi connectivity index (χ0) is 14.4. The number of hydrogen-bond donors (Lipinski definition) is 2. The minimum absolute atomic E-state index is 0.251. The summed E-state index contributed by atoms with van der Waals surface area (Å²) in [5.74, 6) is 0. The zero-order valence-electron chi connectivity index (χ0n) is 11.9. The molecule has 20 heavy (non-hydrogen) atoms. The van der Waals surface area contributed by atoms with Crippen molar-refractivity contribution in [2.24, 2.45) is 0 Å². The van der Waals surface area contributed by atoms with Gasteiger partial charge in [-0.3, -0.25) is 0 Å². The highest BCUT2D eigenvalue weighted by Crippen LogP contribution is 2.16. The Hall–Kier alpha value is -1.79. The fraction of sp³-hybridized carbons (Fsp3) is 0.500. The number of aliphatic hydroxyl groups excluding tert-OH is 1. The van der Waals surface area contributed by atoms with Crippen molar-refractivity contribution < 1.29 is 5.11 Å². The van der Waals surface area contributed by atoms with E-state index in [1.807, 2.05) is 12.1 Å². The first-order chi connectivity index (χ1) is 9.70. The molecule has 6 nitrogen and oxygen atoms in total. The molecule has 0 radical (unpaired) electrons. The van der Waals surface area contributed by atoms with E-state index in [0.717, 1.165) is 18.5 Å². The summed E-state index contributed by atoms with van der Waals surface area (Å²) in [6, 6.07) is 8.81. The molecule has 2 rings (SSSR count). The van der Waals surface area contributed by atoms with Crippen molar-refractivity contribution in [1.82, 2.24) is 25.5 Å². The van der Waals surface area contributed by atoms with Crippen LogP contribution in [0.2, 0.25) is 0 Å². The molecule has 0 fully saturated rings. The molecule has 0 aliphatic rings. The van der Waals surface area contributed by atoms with Gasteiger partial charge in [-0.25, -0.2) is 4.68 Å². The topological polar surface area (TPSA) is 75.9 Å². The summed E-state index contributed by atoms with van der Waals surface area (Å²) in [6.07, 6.45) is 3.39. The van der Waals surface area contributed by atoms with Crippen LogP contribution in [-0.4, -0.2) is 38.0 Å². The average Bonchev–Trinajstić information content (AvgIpc) is 2.99. The van der Waals surface area contributed by atoms with E-state index in [4.69, 9.17) is 5.11 Å². The molecule has 0 aliphatic heterocycles. The number of aliphatic hydroxyl groups is 1. The van der Waals surface area contributed by atoms with Crippen LogP contribution >= 0.6 is 0 Å². The highest BCUT2D eigenvalue weighted by Gasteiger charge is 2.09. The van der Waals surface area contributed by atoms with E-state index in [1.165, 1.54) is 5.56 Å². The summed E-state index contributed by atoms with van der Waals surface area (Å²) in [7, 11) is 0. The van der Waals surface area contributed by atoms with Crippen LogP contribution in [0.4, 0.5) is 0 Å². The molecule has 2 N–H and O–H groups in total. The van der Waals surface area contributed by atoms with Crippen LogP contribution in [0.3, 0.4) is 0 Å². The molecule has 2 atom stereocenters. The van der Waals surface area contributed by atoms with Gasteiger partial charge in [-0.15, -0.1) is 5.10 Å². The minimum Gasteiger partial charge on any atom is -0.396 e. The van der Waals surface area contributed by atoms with Crippen molar-refractivity contribution in [2.75, 3.05) is 6.61 Å². The maximum atomic E-state index is 8.84. The van der Waals surface area contributed by atoms with E-state index in [-0.39, 0.29) is 12.6 Å². The summed E-state index contributed by atoms with van der Waals surface area (Å²) in [6.45, 7) is 4.53. The van der Waals surface area contributed by atoms with Crippen molar-refractivity contribution in [3.63, 3.8) is 0 Å². The lowest BCUT2D eigenvalue weighted by molar-refractivity contribution is 0.274. The molecule has 0 amide bonds. The smallest absolute Gasteiger partial charge is 0.143 e. The van der Waals surface area contributed by atoms with Crippen LogP contribution in [0, 0.1) is 0 Å². The fourth-order valence-corrected chi connectivity index (χ4v) is 2.20. The third kappa shape index (κ3) is 3.85. The molecule has 2 aromatic rings. The number of tetrazole rings is 1. The van der Waals surface area contributed by atoms with Gasteiger partial charge in [0.1, 0.15) is 6.33 Å². The Morgan fingerprint density at radius 2 is 2.00 bits per heavy atom. The number of rotatable bonds is 7. The minimum atomic E-state index is 0.251. The van der Waals surface area contributed by atoms with Gasteiger partial charge in [-0.05, 0) is 54.8 Å². The lowest BCUT2D eigenvalue weighted by Crippen LogP contribution is -2.29. The molecular formula is C14H21N5O. The summed E-state index contributed by atoms with van der Waals surface area (Å²) < 4.78 is 1.63. The normalized spacial score (nSPS) is 14.2. The molecule has 0 bridgehead atoms. The number of nitrogens with zero attached hydrogens (tertiary/aromatic N) is 4. The van der Waals surface area contributed by atoms with Gasteiger partial charge in [0.15, 0.2) is 0 Å². The first-order valence-electron chi connectivity index (χ1n) is 6.91. The Kier molecular flexibility index (Phi) is 5.20. The SMILES string of the molecule is CC(CCCO)NC(C)c1ccc(-n2cnnn2)cc1. The van der Waals surface area contributed by atoms with E-state index in [9.17, 15) is 0 Å². The Morgan fingerprint density at radius 3 is 2.60 bits per heavy atom. The summed E-state index contributed by atoms with van der Waals surface area (Å²) in [4.78, 5) is 0. The second-order valence-electron chi connectivity index (χ2n) is 5.00. The third-order valence-corrected chi connectivity index (χ3v) is 3.34. The van der Waals surface area contributed by atoms with Crippen LogP contribution in [-0.2, 0) is 0 Å². The Labute approximate surface area is 118 Å². The second-order valence-corrected chi connectivity index (χ2v) is 5.00. The number of nitrogens with one attached hydrogen (secondary N) is 1. The molecule has 2 unspecified atom stereocenters. The van der Waals surface area contributed by atoms with Crippen molar-refractivity contribution >= 4 is 0 Å². The first-order valence-corrected chi connectivity index (χ1v) is 6.91. The van der Waals surface area contributed by atoms with E-state index in [2.05, 4.69) is 46.8 Å². The highest BCUT2D eigenvalue weighted by molar-refractivity contribution is 5.34. The quantitative estimate of drug-likeness (QED) is 0.800. The first kappa shape index (κ1) is 14.6. The van der Waals surface area contributed by atoms with Crippen LogP contribution in [0.5, 0.6) is 0 Å². The van der Waals surface area contributed by atoms with Gasteiger partial charge in [0.2, 0.25) is 0 Å². The maximum absolute atomic E-state index is 8.84. The highest BCUT2D eigenvalue weighted by atomic mass is 16.2. The van der Waals surface area contributed by atoms with Gasteiger partial charge in [-0.2, -0.15) is 0 Å². The molecule has 0 aliphatic carbocycles. The third-order valence-electron chi connectivity index (χ3n) is 3.34. The largest absolute Gasteiger partial charge is 0.396 e. The predicted molar refractivity (Wildman–Crippen MR) is 76.5 cm³/mol. The molecule has 1 aromatic heterocycles. The molecule has 1 heterocycles. The summed E-state index contributed by atoms with van der Waals surface area (Å²) in [5, 5.41) is 23.5.